The minimum atomic E-state index is -0.281. The predicted molar refractivity (Wildman–Crippen MR) is 74.7 cm³/mol. The molecule has 100 valence electrons. The zero-order chi connectivity index (χ0) is 13.9. The minimum absolute atomic E-state index is 0.281. The van der Waals surface area contributed by atoms with E-state index < -0.39 is 0 Å². The highest BCUT2D eigenvalue weighted by Gasteiger charge is 2.18. The maximum atomic E-state index is 13.0. The molecular weight excluding hydrogens is 257 g/mol. The average Bonchev–Trinajstić information content (AvgIpc) is 2.93. The van der Waals surface area contributed by atoms with Gasteiger partial charge in [-0.05, 0) is 42.0 Å². The van der Waals surface area contributed by atoms with E-state index in [4.69, 9.17) is 4.52 Å². The van der Waals surface area contributed by atoms with Gasteiger partial charge >= 0.3 is 0 Å². The lowest BCUT2D eigenvalue weighted by Crippen LogP contribution is -1.90. The van der Waals surface area contributed by atoms with Crippen LogP contribution in [0.4, 0.5) is 10.3 Å². The van der Waals surface area contributed by atoms with Crippen LogP contribution in [-0.2, 0) is 0 Å². The van der Waals surface area contributed by atoms with Crippen LogP contribution in [0.15, 0.2) is 53.3 Å². The summed E-state index contributed by atoms with van der Waals surface area (Å²) < 4.78 is 18.3. The maximum absolute atomic E-state index is 13.0. The minimum Gasteiger partial charge on any atom is -0.357 e. The van der Waals surface area contributed by atoms with E-state index in [0.29, 0.717) is 11.6 Å². The third-order valence-corrected chi connectivity index (χ3v) is 3.01. The van der Waals surface area contributed by atoms with E-state index in [1.165, 1.54) is 12.1 Å². The Morgan fingerprint density at radius 3 is 2.35 bits per heavy atom. The molecule has 0 aliphatic rings. The number of halogens is 1. The van der Waals surface area contributed by atoms with Crippen molar-refractivity contribution in [2.24, 2.45) is 0 Å². The summed E-state index contributed by atoms with van der Waals surface area (Å²) in [6.07, 6.45) is 3.41. The van der Waals surface area contributed by atoms with Crippen molar-refractivity contribution in [1.82, 2.24) is 10.1 Å². The van der Waals surface area contributed by atoms with Crippen LogP contribution >= 0.6 is 0 Å². The molecule has 0 radical (unpaired) electrons. The van der Waals surface area contributed by atoms with Gasteiger partial charge in [0.05, 0.1) is 5.56 Å². The predicted octanol–water partition coefficient (Wildman–Crippen LogP) is 3.58. The molecule has 5 heteroatoms. The van der Waals surface area contributed by atoms with E-state index in [1.807, 2.05) is 12.1 Å². The van der Waals surface area contributed by atoms with Gasteiger partial charge in [-0.25, -0.2) is 4.39 Å². The Morgan fingerprint density at radius 1 is 1.00 bits per heavy atom. The van der Waals surface area contributed by atoms with Crippen LogP contribution in [0.5, 0.6) is 0 Å². The molecule has 1 N–H and O–H groups in total. The lowest BCUT2D eigenvalue weighted by molar-refractivity contribution is 0.437. The standard InChI is InChI=1S/C15H12FN3O/c1-17-15-13(10-6-8-18-9-7-10)14(19-20-15)11-2-4-12(16)5-3-11/h2-9,17H,1H3. The number of nitrogens with one attached hydrogen (secondary N) is 1. The molecule has 4 nitrogen and oxygen atoms in total. The molecule has 0 aliphatic carbocycles. The number of hydrogen-bond donors (Lipinski definition) is 1. The molecular formula is C15H12FN3O. The molecule has 0 saturated heterocycles. The van der Waals surface area contributed by atoms with Gasteiger partial charge in [-0.3, -0.25) is 4.98 Å². The average molecular weight is 269 g/mol. The van der Waals surface area contributed by atoms with Crippen LogP contribution in [0.1, 0.15) is 0 Å². The molecule has 2 heterocycles. The van der Waals surface area contributed by atoms with Crippen molar-refractivity contribution in [2.45, 2.75) is 0 Å². The van der Waals surface area contributed by atoms with Gasteiger partial charge in [-0.2, -0.15) is 0 Å². The summed E-state index contributed by atoms with van der Waals surface area (Å²) in [6.45, 7) is 0. The fourth-order valence-corrected chi connectivity index (χ4v) is 2.05. The van der Waals surface area contributed by atoms with Crippen LogP contribution in [0, 0.1) is 5.82 Å². The quantitative estimate of drug-likeness (QED) is 0.789. The number of anilines is 1. The summed E-state index contributed by atoms with van der Waals surface area (Å²) in [6, 6.07) is 9.91. The second-order valence-corrected chi connectivity index (χ2v) is 4.23. The topological polar surface area (TPSA) is 51.0 Å². The van der Waals surface area contributed by atoms with Gasteiger partial charge in [0.15, 0.2) is 0 Å². The smallest absolute Gasteiger partial charge is 0.232 e. The molecule has 1 aromatic carbocycles. The molecule has 0 bridgehead atoms. The van der Waals surface area contributed by atoms with Gasteiger partial charge in [0.2, 0.25) is 5.88 Å². The Morgan fingerprint density at radius 2 is 1.70 bits per heavy atom. The monoisotopic (exact) mass is 269 g/mol. The van der Waals surface area contributed by atoms with Crippen molar-refractivity contribution < 1.29 is 8.91 Å². The van der Waals surface area contributed by atoms with Crippen LogP contribution in [0.25, 0.3) is 22.4 Å². The van der Waals surface area contributed by atoms with Gasteiger partial charge in [0.1, 0.15) is 11.5 Å². The summed E-state index contributed by atoms with van der Waals surface area (Å²) in [5.74, 6) is 0.284. The normalized spacial score (nSPS) is 10.5. The Bertz CT molecular complexity index is 708. The zero-order valence-electron chi connectivity index (χ0n) is 10.8. The van der Waals surface area contributed by atoms with Crippen LogP contribution in [0.3, 0.4) is 0 Å². The lowest BCUT2D eigenvalue weighted by Gasteiger charge is -2.04. The molecule has 3 rings (SSSR count). The highest BCUT2D eigenvalue weighted by Crippen LogP contribution is 2.37. The van der Waals surface area contributed by atoms with E-state index >= 15 is 0 Å². The molecule has 2 aromatic heterocycles. The first-order valence-electron chi connectivity index (χ1n) is 6.13. The lowest BCUT2D eigenvalue weighted by atomic mass is 10.0. The molecule has 0 unspecified atom stereocenters. The molecule has 0 amide bonds. The van der Waals surface area contributed by atoms with Crippen molar-refractivity contribution in [3.63, 3.8) is 0 Å². The van der Waals surface area contributed by atoms with Crippen molar-refractivity contribution >= 4 is 5.88 Å². The van der Waals surface area contributed by atoms with Crippen LogP contribution in [0.2, 0.25) is 0 Å². The largest absolute Gasteiger partial charge is 0.357 e. The fraction of sp³-hybridized carbons (Fsp3) is 0.0667. The first-order chi connectivity index (χ1) is 9.79. The highest BCUT2D eigenvalue weighted by atomic mass is 19.1. The molecule has 0 spiro atoms. The molecule has 20 heavy (non-hydrogen) atoms. The Hall–Kier alpha value is -2.69. The number of aromatic nitrogens is 2. The van der Waals surface area contributed by atoms with Crippen molar-refractivity contribution in [3.05, 3.63) is 54.6 Å². The second-order valence-electron chi connectivity index (χ2n) is 4.23. The van der Waals surface area contributed by atoms with E-state index in [1.54, 1.807) is 31.6 Å². The van der Waals surface area contributed by atoms with Crippen molar-refractivity contribution in [3.8, 4) is 22.4 Å². The Balaban J connectivity index is 2.17. The molecule has 0 aliphatic heterocycles. The number of pyridine rings is 1. The van der Waals surface area contributed by atoms with Crippen molar-refractivity contribution in [1.29, 1.82) is 0 Å². The molecule has 0 fully saturated rings. The highest BCUT2D eigenvalue weighted by molar-refractivity contribution is 5.87. The number of rotatable bonds is 3. The van der Waals surface area contributed by atoms with Crippen LogP contribution in [-0.4, -0.2) is 17.2 Å². The fourth-order valence-electron chi connectivity index (χ4n) is 2.05. The third-order valence-electron chi connectivity index (χ3n) is 3.01. The van der Waals surface area contributed by atoms with E-state index in [2.05, 4.69) is 15.5 Å². The van der Waals surface area contributed by atoms with Gasteiger partial charge < -0.3 is 9.84 Å². The molecule has 0 saturated carbocycles. The molecule has 3 aromatic rings. The van der Waals surface area contributed by atoms with E-state index in [9.17, 15) is 4.39 Å². The summed E-state index contributed by atoms with van der Waals surface area (Å²) in [5.41, 5.74) is 3.23. The zero-order valence-corrected chi connectivity index (χ0v) is 10.8. The molecule has 0 atom stereocenters. The SMILES string of the molecule is CNc1onc(-c2ccc(F)cc2)c1-c1ccncc1. The summed E-state index contributed by atoms with van der Waals surface area (Å²) >= 11 is 0. The van der Waals surface area contributed by atoms with Gasteiger partial charge in [-0.1, -0.05) is 5.16 Å². The van der Waals surface area contributed by atoms with Crippen LogP contribution < -0.4 is 5.32 Å². The Labute approximate surface area is 115 Å². The first kappa shape index (κ1) is 12.3. The van der Waals surface area contributed by atoms with Gasteiger partial charge in [-0.15, -0.1) is 0 Å². The summed E-state index contributed by atoms with van der Waals surface area (Å²) in [4.78, 5) is 4.00. The van der Waals surface area contributed by atoms with E-state index in [-0.39, 0.29) is 5.82 Å². The summed E-state index contributed by atoms with van der Waals surface area (Å²) in [5, 5.41) is 7.05. The first-order valence-corrected chi connectivity index (χ1v) is 6.13. The number of benzene rings is 1. The number of nitrogens with zero attached hydrogens (tertiary/aromatic N) is 2. The summed E-state index contributed by atoms with van der Waals surface area (Å²) in [7, 11) is 1.76. The van der Waals surface area contributed by atoms with E-state index in [0.717, 1.165) is 16.7 Å². The number of hydrogen-bond acceptors (Lipinski definition) is 4. The van der Waals surface area contributed by atoms with Gasteiger partial charge in [0, 0.05) is 25.0 Å². The van der Waals surface area contributed by atoms with Crippen molar-refractivity contribution in [2.75, 3.05) is 12.4 Å². The Kier molecular flexibility index (Phi) is 3.16. The maximum Gasteiger partial charge on any atom is 0.232 e. The third kappa shape index (κ3) is 2.14. The second kappa shape index (κ2) is 5.13. The van der Waals surface area contributed by atoms with Gasteiger partial charge in [0.25, 0.3) is 0 Å².